The Morgan fingerprint density at radius 1 is 1.29 bits per heavy atom. The minimum Gasteiger partial charge on any atom is -0.462 e. The standard InChI is InChI=1S/C18H19N5O3S2/c1-4-26-17(25)15-13(12-7-5-11(2)6-8-12)9-27-16(15)19-14(24)10-28-18-20-21-22-23(18)3/h5-9H,4,10H2,1-3H3,(H,19,24). The maximum Gasteiger partial charge on any atom is 0.341 e. The topological polar surface area (TPSA) is 99.0 Å². The first-order valence-electron chi connectivity index (χ1n) is 8.50. The van der Waals surface area contributed by atoms with Crippen molar-refractivity contribution in [2.24, 2.45) is 7.05 Å². The third-order valence-corrected chi connectivity index (χ3v) is 5.71. The van der Waals surface area contributed by atoms with E-state index in [9.17, 15) is 9.59 Å². The summed E-state index contributed by atoms with van der Waals surface area (Å²) in [5, 5.41) is 16.8. The molecule has 1 aromatic carbocycles. The van der Waals surface area contributed by atoms with Crippen molar-refractivity contribution in [2.75, 3.05) is 17.7 Å². The van der Waals surface area contributed by atoms with E-state index >= 15 is 0 Å². The van der Waals surface area contributed by atoms with E-state index in [-0.39, 0.29) is 18.3 Å². The quantitative estimate of drug-likeness (QED) is 0.466. The number of thiophene rings is 1. The number of tetrazole rings is 1. The maximum atomic E-state index is 12.6. The number of amides is 1. The molecular formula is C18H19N5O3S2. The van der Waals surface area contributed by atoms with Crippen molar-refractivity contribution in [3.63, 3.8) is 0 Å². The van der Waals surface area contributed by atoms with Gasteiger partial charge in [0.2, 0.25) is 11.1 Å². The number of hydrogen-bond donors (Lipinski definition) is 1. The molecule has 0 spiro atoms. The van der Waals surface area contributed by atoms with E-state index < -0.39 is 5.97 Å². The Hall–Kier alpha value is -2.72. The van der Waals surface area contributed by atoms with Crippen molar-refractivity contribution in [1.29, 1.82) is 0 Å². The monoisotopic (exact) mass is 417 g/mol. The third kappa shape index (κ3) is 4.57. The smallest absolute Gasteiger partial charge is 0.341 e. The minimum atomic E-state index is -0.459. The van der Waals surface area contributed by atoms with E-state index in [1.165, 1.54) is 27.8 Å². The Morgan fingerprint density at radius 2 is 2.04 bits per heavy atom. The van der Waals surface area contributed by atoms with Gasteiger partial charge in [-0.05, 0) is 29.8 Å². The van der Waals surface area contributed by atoms with Crippen LogP contribution in [0.5, 0.6) is 0 Å². The van der Waals surface area contributed by atoms with Gasteiger partial charge in [0.25, 0.3) is 0 Å². The zero-order chi connectivity index (χ0) is 20.1. The van der Waals surface area contributed by atoms with Crippen LogP contribution in [0.3, 0.4) is 0 Å². The van der Waals surface area contributed by atoms with Crippen LogP contribution in [-0.4, -0.2) is 44.4 Å². The molecule has 1 amide bonds. The van der Waals surface area contributed by atoms with E-state index in [1.807, 2.05) is 36.6 Å². The van der Waals surface area contributed by atoms with Crippen molar-refractivity contribution in [1.82, 2.24) is 20.2 Å². The van der Waals surface area contributed by atoms with Gasteiger partial charge in [0.1, 0.15) is 10.6 Å². The van der Waals surface area contributed by atoms with Gasteiger partial charge < -0.3 is 10.1 Å². The first-order valence-corrected chi connectivity index (χ1v) is 10.4. The molecule has 0 aliphatic rings. The zero-order valence-electron chi connectivity index (χ0n) is 15.6. The van der Waals surface area contributed by atoms with E-state index in [4.69, 9.17) is 4.74 Å². The van der Waals surface area contributed by atoms with E-state index in [2.05, 4.69) is 20.8 Å². The first kappa shape index (κ1) is 20.0. The molecule has 10 heteroatoms. The summed E-state index contributed by atoms with van der Waals surface area (Å²) in [6, 6.07) is 7.85. The molecule has 0 bridgehead atoms. The van der Waals surface area contributed by atoms with Crippen molar-refractivity contribution in [2.45, 2.75) is 19.0 Å². The van der Waals surface area contributed by atoms with Crippen molar-refractivity contribution in [3.8, 4) is 11.1 Å². The summed E-state index contributed by atoms with van der Waals surface area (Å²) in [4.78, 5) is 24.9. The number of thioether (sulfide) groups is 1. The minimum absolute atomic E-state index is 0.119. The van der Waals surface area contributed by atoms with Crippen LogP contribution in [0.1, 0.15) is 22.8 Å². The molecule has 3 rings (SSSR count). The van der Waals surface area contributed by atoms with Crippen LogP contribution in [-0.2, 0) is 16.6 Å². The van der Waals surface area contributed by atoms with Crippen LogP contribution in [0.2, 0.25) is 0 Å². The second-order valence-electron chi connectivity index (χ2n) is 5.86. The lowest BCUT2D eigenvalue weighted by molar-refractivity contribution is -0.113. The fourth-order valence-electron chi connectivity index (χ4n) is 2.44. The predicted octanol–water partition coefficient (Wildman–Crippen LogP) is 3.15. The molecule has 0 radical (unpaired) electrons. The molecule has 0 fully saturated rings. The third-order valence-electron chi connectivity index (χ3n) is 3.80. The van der Waals surface area contributed by atoms with Gasteiger partial charge in [-0.1, -0.05) is 41.6 Å². The van der Waals surface area contributed by atoms with Gasteiger partial charge in [0.15, 0.2) is 0 Å². The number of nitrogens with one attached hydrogen (secondary N) is 1. The highest BCUT2D eigenvalue weighted by atomic mass is 32.2. The highest BCUT2D eigenvalue weighted by Gasteiger charge is 2.23. The normalized spacial score (nSPS) is 10.7. The molecule has 0 saturated heterocycles. The second-order valence-corrected chi connectivity index (χ2v) is 7.68. The summed E-state index contributed by atoms with van der Waals surface area (Å²) in [7, 11) is 1.70. The molecule has 0 atom stereocenters. The summed E-state index contributed by atoms with van der Waals surface area (Å²) in [6.45, 7) is 4.00. The number of ether oxygens (including phenoxy) is 1. The predicted molar refractivity (Wildman–Crippen MR) is 109 cm³/mol. The van der Waals surface area contributed by atoms with Gasteiger partial charge in [-0.3, -0.25) is 4.79 Å². The Labute approximate surface area is 170 Å². The average molecular weight is 418 g/mol. The Kier molecular flexibility index (Phi) is 6.42. The fraction of sp³-hybridized carbons (Fsp3) is 0.278. The maximum absolute atomic E-state index is 12.6. The number of anilines is 1. The number of esters is 1. The van der Waals surface area contributed by atoms with Gasteiger partial charge >= 0.3 is 5.97 Å². The number of rotatable bonds is 7. The van der Waals surface area contributed by atoms with E-state index in [0.29, 0.717) is 15.7 Å². The van der Waals surface area contributed by atoms with Crippen LogP contribution in [0, 0.1) is 6.92 Å². The number of nitrogens with zero attached hydrogens (tertiary/aromatic N) is 4. The SMILES string of the molecule is CCOC(=O)c1c(-c2ccc(C)cc2)csc1NC(=O)CSc1nnnn1C. The molecule has 28 heavy (non-hydrogen) atoms. The average Bonchev–Trinajstić information content (AvgIpc) is 3.27. The second kappa shape index (κ2) is 8.98. The van der Waals surface area contributed by atoms with Crippen molar-refractivity contribution >= 4 is 40.0 Å². The zero-order valence-corrected chi connectivity index (χ0v) is 17.3. The highest BCUT2D eigenvalue weighted by molar-refractivity contribution is 7.99. The summed E-state index contributed by atoms with van der Waals surface area (Å²) in [6.07, 6.45) is 0. The van der Waals surface area contributed by atoms with Crippen LogP contribution in [0.25, 0.3) is 11.1 Å². The van der Waals surface area contributed by atoms with Crippen LogP contribution in [0.15, 0.2) is 34.8 Å². The molecular weight excluding hydrogens is 398 g/mol. The number of aryl methyl sites for hydroxylation is 2. The number of carbonyl (C=O) groups is 2. The molecule has 0 aliphatic carbocycles. The summed E-state index contributed by atoms with van der Waals surface area (Å²) in [5.74, 6) is -0.593. The largest absolute Gasteiger partial charge is 0.462 e. The van der Waals surface area contributed by atoms with Crippen molar-refractivity contribution < 1.29 is 14.3 Å². The lowest BCUT2D eigenvalue weighted by atomic mass is 10.0. The summed E-state index contributed by atoms with van der Waals surface area (Å²) in [5.41, 5.74) is 3.13. The molecule has 8 nitrogen and oxygen atoms in total. The number of benzene rings is 1. The molecule has 2 heterocycles. The molecule has 0 aliphatic heterocycles. The number of carbonyl (C=O) groups excluding carboxylic acids is 2. The van der Waals surface area contributed by atoms with Gasteiger partial charge in [0.05, 0.1) is 12.4 Å². The first-order chi connectivity index (χ1) is 13.5. The highest BCUT2D eigenvalue weighted by Crippen LogP contribution is 2.36. The fourth-order valence-corrected chi connectivity index (χ4v) is 4.06. The summed E-state index contributed by atoms with van der Waals surface area (Å²) < 4.78 is 6.70. The Balaban J connectivity index is 1.81. The van der Waals surface area contributed by atoms with Crippen LogP contribution >= 0.6 is 23.1 Å². The van der Waals surface area contributed by atoms with Gasteiger partial charge in [-0.25, -0.2) is 9.48 Å². The lowest BCUT2D eigenvalue weighted by Gasteiger charge is -2.09. The molecule has 2 aromatic heterocycles. The van der Waals surface area contributed by atoms with Gasteiger partial charge in [-0.2, -0.15) is 0 Å². The Morgan fingerprint density at radius 3 is 2.68 bits per heavy atom. The molecule has 0 saturated carbocycles. The number of aromatic nitrogens is 4. The molecule has 3 aromatic rings. The van der Waals surface area contributed by atoms with Gasteiger partial charge in [-0.15, -0.1) is 16.4 Å². The summed E-state index contributed by atoms with van der Waals surface area (Å²) >= 11 is 2.51. The molecule has 0 unspecified atom stereocenters. The van der Waals surface area contributed by atoms with Gasteiger partial charge in [0, 0.05) is 18.0 Å². The van der Waals surface area contributed by atoms with Crippen LogP contribution < -0.4 is 5.32 Å². The van der Waals surface area contributed by atoms with E-state index in [1.54, 1.807) is 14.0 Å². The molecule has 146 valence electrons. The van der Waals surface area contributed by atoms with Crippen molar-refractivity contribution in [3.05, 3.63) is 40.8 Å². The van der Waals surface area contributed by atoms with E-state index in [0.717, 1.165) is 16.7 Å². The Bertz CT molecular complexity index is 982. The number of hydrogen-bond acceptors (Lipinski definition) is 8. The van der Waals surface area contributed by atoms with Crippen LogP contribution in [0.4, 0.5) is 5.00 Å². The lowest BCUT2D eigenvalue weighted by Crippen LogP contribution is -2.16. The molecule has 1 N–H and O–H groups in total.